The Bertz CT molecular complexity index is 1040. The Labute approximate surface area is 182 Å². The number of amides is 1. The first-order chi connectivity index (χ1) is 15.2. The predicted molar refractivity (Wildman–Crippen MR) is 118 cm³/mol. The molecule has 1 amide bonds. The van der Waals surface area contributed by atoms with Gasteiger partial charge in [0.25, 0.3) is 0 Å². The summed E-state index contributed by atoms with van der Waals surface area (Å²) in [6.07, 6.45) is 2.80. The molecule has 0 bridgehead atoms. The quantitative estimate of drug-likeness (QED) is 0.628. The van der Waals surface area contributed by atoms with E-state index in [-0.39, 0.29) is 11.9 Å². The minimum Gasteiger partial charge on any atom is -0.340 e. The van der Waals surface area contributed by atoms with E-state index in [4.69, 9.17) is 4.52 Å². The van der Waals surface area contributed by atoms with Gasteiger partial charge in [-0.1, -0.05) is 59.8 Å². The Morgan fingerprint density at radius 3 is 2.61 bits per heavy atom. The van der Waals surface area contributed by atoms with Crippen molar-refractivity contribution in [2.45, 2.75) is 38.1 Å². The highest BCUT2D eigenvalue weighted by Gasteiger charge is 2.30. The molecule has 2 atom stereocenters. The van der Waals surface area contributed by atoms with Crippen LogP contribution < -0.4 is 0 Å². The van der Waals surface area contributed by atoms with Crippen LogP contribution >= 0.6 is 0 Å². The molecule has 2 heterocycles. The van der Waals surface area contributed by atoms with Crippen molar-refractivity contribution < 1.29 is 9.32 Å². The van der Waals surface area contributed by atoms with E-state index >= 15 is 0 Å². The van der Waals surface area contributed by atoms with E-state index in [2.05, 4.69) is 46.2 Å². The van der Waals surface area contributed by atoms with Crippen molar-refractivity contribution in [3.8, 4) is 11.4 Å². The van der Waals surface area contributed by atoms with Crippen molar-refractivity contribution in [2.24, 2.45) is 0 Å². The topological polar surface area (TPSA) is 62.5 Å². The second kappa shape index (κ2) is 8.63. The highest BCUT2D eigenvalue weighted by molar-refractivity contribution is 5.77. The SMILES string of the molecule is CC(c1nc(-c2ccccc2)no1)N1CCN(C(=O)CC2CCc3ccccc32)CC1. The maximum atomic E-state index is 12.9. The van der Waals surface area contributed by atoms with Gasteiger partial charge in [-0.2, -0.15) is 4.98 Å². The molecule has 5 rings (SSSR count). The van der Waals surface area contributed by atoms with Crippen LogP contribution in [0.25, 0.3) is 11.4 Å². The van der Waals surface area contributed by atoms with Gasteiger partial charge < -0.3 is 9.42 Å². The first kappa shape index (κ1) is 19.9. The molecule has 3 aromatic rings. The average Bonchev–Trinajstić information content (AvgIpc) is 3.47. The van der Waals surface area contributed by atoms with Crippen molar-refractivity contribution >= 4 is 5.91 Å². The lowest BCUT2D eigenvalue weighted by Crippen LogP contribution is -2.49. The lowest BCUT2D eigenvalue weighted by molar-refractivity contribution is -0.133. The van der Waals surface area contributed by atoms with E-state index in [1.807, 2.05) is 35.2 Å². The van der Waals surface area contributed by atoms with Gasteiger partial charge >= 0.3 is 0 Å². The van der Waals surface area contributed by atoms with Crippen molar-refractivity contribution in [1.29, 1.82) is 0 Å². The van der Waals surface area contributed by atoms with Gasteiger partial charge in [0.15, 0.2) is 0 Å². The van der Waals surface area contributed by atoms with Crippen LogP contribution in [-0.2, 0) is 11.2 Å². The molecule has 0 radical (unpaired) electrons. The van der Waals surface area contributed by atoms with E-state index in [1.54, 1.807) is 0 Å². The van der Waals surface area contributed by atoms with E-state index in [1.165, 1.54) is 11.1 Å². The van der Waals surface area contributed by atoms with Crippen LogP contribution in [0.2, 0.25) is 0 Å². The third kappa shape index (κ3) is 4.12. The summed E-state index contributed by atoms with van der Waals surface area (Å²) >= 11 is 0. The predicted octanol–water partition coefficient (Wildman–Crippen LogP) is 4.06. The number of rotatable bonds is 5. The molecular formula is C25H28N4O2. The summed E-state index contributed by atoms with van der Waals surface area (Å²) < 4.78 is 5.55. The third-order valence-corrected chi connectivity index (χ3v) is 6.72. The zero-order valence-corrected chi connectivity index (χ0v) is 17.9. The number of aromatic nitrogens is 2. The van der Waals surface area contributed by atoms with Gasteiger partial charge in [0.1, 0.15) is 0 Å². The van der Waals surface area contributed by atoms with E-state index < -0.39 is 0 Å². The van der Waals surface area contributed by atoms with E-state index in [0.29, 0.717) is 24.1 Å². The molecular weight excluding hydrogens is 388 g/mol. The summed E-state index contributed by atoms with van der Waals surface area (Å²) in [7, 11) is 0. The fourth-order valence-corrected chi connectivity index (χ4v) is 4.82. The standard InChI is InChI=1S/C25H28N4O2/c1-18(25-26-24(27-31-25)20-8-3-2-4-9-20)28-13-15-29(16-14-28)23(30)17-21-12-11-19-7-5-6-10-22(19)21/h2-10,18,21H,11-17H2,1H3. The monoisotopic (exact) mass is 416 g/mol. The van der Waals surface area contributed by atoms with Crippen molar-refractivity contribution in [1.82, 2.24) is 19.9 Å². The van der Waals surface area contributed by atoms with Crippen LogP contribution in [0.1, 0.15) is 48.7 Å². The molecule has 0 N–H and O–H groups in total. The largest absolute Gasteiger partial charge is 0.340 e. The summed E-state index contributed by atoms with van der Waals surface area (Å²) in [5.41, 5.74) is 3.73. The molecule has 6 heteroatoms. The minimum absolute atomic E-state index is 0.0314. The summed E-state index contributed by atoms with van der Waals surface area (Å²) in [6.45, 7) is 5.22. The lowest BCUT2D eigenvalue weighted by atomic mass is 9.97. The molecule has 31 heavy (non-hydrogen) atoms. The number of fused-ring (bicyclic) bond motifs is 1. The normalized spacial score (nSPS) is 19.9. The van der Waals surface area contributed by atoms with Gasteiger partial charge in [-0.3, -0.25) is 9.69 Å². The number of benzene rings is 2. The summed E-state index contributed by atoms with van der Waals surface area (Å²) in [6, 6.07) is 18.5. The molecule has 1 aliphatic heterocycles. The second-order valence-corrected chi connectivity index (χ2v) is 8.55. The smallest absolute Gasteiger partial charge is 0.244 e. The van der Waals surface area contributed by atoms with Gasteiger partial charge in [-0.05, 0) is 36.8 Å². The van der Waals surface area contributed by atoms with Crippen molar-refractivity contribution in [3.63, 3.8) is 0 Å². The first-order valence-corrected chi connectivity index (χ1v) is 11.2. The highest BCUT2D eigenvalue weighted by atomic mass is 16.5. The fraction of sp³-hybridized carbons (Fsp3) is 0.400. The Hall–Kier alpha value is -2.99. The molecule has 6 nitrogen and oxygen atoms in total. The summed E-state index contributed by atoms with van der Waals surface area (Å²) in [5.74, 6) is 1.89. The Morgan fingerprint density at radius 2 is 1.81 bits per heavy atom. The van der Waals surface area contributed by atoms with Crippen LogP contribution in [0, 0.1) is 0 Å². The molecule has 1 aliphatic carbocycles. The van der Waals surface area contributed by atoms with Crippen LogP contribution in [0.3, 0.4) is 0 Å². The van der Waals surface area contributed by atoms with Crippen molar-refractivity contribution in [2.75, 3.05) is 26.2 Å². The molecule has 2 unspecified atom stereocenters. The number of carbonyl (C=O) groups excluding carboxylic acids is 1. The van der Waals surface area contributed by atoms with Crippen molar-refractivity contribution in [3.05, 3.63) is 71.6 Å². The average molecular weight is 417 g/mol. The van der Waals surface area contributed by atoms with Gasteiger partial charge in [0.05, 0.1) is 6.04 Å². The zero-order chi connectivity index (χ0) is 21.2. The molecule has 2 aromatic carbocycles. The summed E-state index contributed by atoms with van der Waals surface area (Å²) in [5, 5.41) is 4.14. The molecule has 1 aromatic heterocycles. The third-order valence-electron chi connectivity index (χ3n) is 6.72. The lowest BCUT2D eigenvalue weighted by Gasteiger charge is -2.37. The molecule has 0 spiro atoms. The second-order valence-electron chi connectivity index (χ2n) is 8.55. The number of hydrogen-bond acceptors (Lipinski definition) is 5. The fourth-order valence-electron chi connectivity index (χ4n) is 4.82. The van der Waals surface area contributed by atoms with E-state index in [0.717, 1.165) is 44.6 Å². The minimum atomic E-state index is 0.0314. The zero-order valence-electron chi connectivity index (χ0n) is 17.9. The molecule has 2 aliphatic rings. The molecule has 0 saturated carbocycles. The molecule has 1 saturated heterocycles. The molecule has 1 fully saturated rings. The first-order valence-electron chi connectivity index (χ1n) is 11.2. The maximum Gasteiger partial charge on any atom is 0.244 e. The maximum absolute atomic E-state index is 12.9. The Morgan fingerprint density at radius 1 is 1.06 bits per heavy atom. The molecule has 160 valence electrons. The number of nitrogens with zero attached hydrogens (tertiary/aromatic N) is 4. The van der Waals surface area contributed by atoms with Crippen LogP contribution in [0.4, 0.5) is 0 Å². The summed E-state index contributed by atoms with van der Waals surface area (Å²) in [4.78, 5) is 21.9. The number of hydrogen-bond donors (Lipinski definition) is 0. The highest BCUT2D eigenvalue weighted by Crippen LogP contribution is 2.35. The number of aryl methyl sites for hydroxylation is 1. The van der Waals surface area contributed by atoms with Gasteiger partial charge in [-0.25, -0.2) is 0 Å². The Kier molecular flexibility index (Phi) is 5.55. The van der Waals surface area contributed by atoms with Gasteiger partial charge in [-0.15, -0.1) is 0 Å². The van der Waals surface area contributed by atoms with Crippen LogP contribution in [0.5, 0.6) is 0 Å². The van der Waals surface area contributed by atoms with Crippen LogP contribution in [0.15, 0.2) is 59.1 Å². The Balaban J connectivity index is 1.16. The number of piperazine rings is 1. The van der Waals surface area contributed by atoms with Gasteiger partial charge in [0, 0.05) is 38.2 Å². The van der Waals surface area contributed by atoms with Crippen LogP contribution in [-0.4, -0.2) is 52.0 Å². The van der Waals surface area contributed by atoms with E-state index in [9.17, 15) is 4.79 Å². The number of carbonyl (C=O) groups is 1. The van der Waals surface area contributed by atoms with Gasteiger partial charge in [0.2, 0.25) is 17.6 Å².